The minimum Gasteiger partial charge on any atom is -0.481 e. The smallest absolute Gasteiger partial charge is 0.310 e. The van der Waals surface area contributed by atoms with Crippen molar-refractivity contribution in [1.29, 1.82) is 0 Å². The van der Waals surface area contributed by atoms with Crippen LogP contribution >= 0.6 is 11.6 Å². The molecule has 1 aromatic rings. The maximum atomic E-state index is 10.9. The van der Waals surface area contributed by atoms with Gasteiger partial charge in [-0.25, -0.2) is 0 Å². The lowest BCUT2D eigenvalue weighted by Crippen LogP contribution is -2.31. The second kappa shape index (κ2) is 5.22. The van der Waals surface area contributed by atoms with Gasteiger partial charge in [0.2, 0.25) is 0 Å². The Morgan fingerprint density at radius 1 is 1.56 bits per heavy atom. The van der Waals surface area contributed by atoms with Crippen LogP contribution in [-0.2, 0) is 4.79 Å². The van der Waals surface area contributed by atoms with E-state index in [0.29, 0.717) is 0 Å². The molecule has 0 saturated heterocycles. The highest BCUT2D eigenvalue weighted by atomic mass is 35.5. The van der Waals surface area contributed by atoms with Crippen LogP contribution in [0, 0.1) is 15.5 Å². The second-order valence-corrected chi connectivity index (χ2v) is 4.84. The summed E-state index contributed by atoms with van der Waals surface area (Å²) in [7, 11) is 0. The quantitative estimate of drug-likeness (QED) is 0.635. The van der Waals surface area contributed by atoms with Crippen LogP contribution in [-0.4, -0.2) is 22.5 Å². The van der Waals surface area contributed by atoms with Gasteiger partial charge in [0.1, 0.15) is 10.7 Å². The van der Waals surface area contributed by atoms with Gasteiger partial charge < -0.3 is 10.4 Å². The molecule has 0 amide bonds. The predicted molar refractivity (Wildman–Crippen MR) is 68.0 cm³/mol. The first-order valence-electron chi connectivity index (χ1n) is 5.16. The van der Waals surface area contributed by atoms with E-state index in [9.17, 15) is 14.9 Å². The molecule has 2 N–H and O–H groups in total. The summed E-state index contributed by atoms with van der Waals surface area (Å²) in [6, 6.07) is 4.46. The third-order valence-corrected chi connectivity index (χ3v) is 2.77. The van der Waals surface area contributed by atoms with Crippen molar-refractivity contribution in [3.63, 3.8) is 0 Å². The molecule has 0 aliphatic carbocycles. The molecule has 0 fully saturated rings. The fraction of sp³-hybridized carbons (Fsp3) is 0.364. The molecule has 0 aliphatic rings. The minimum atomic E-state index is -1.03. The number of hydrogen-bond acceptors (Lipinski definition) is 4. The maximum absolute atomic E-state index is 10.9. The molecule has 18 heavy (non-hydrogen) atoms. The maximum Gasteiger partial charge on any atom is 0.310 e. The highest BCUT2D eigenvalue weighted by Crippen LogP contribution is 2.32. The summed E-state index contributed by atoms with van der Waals surface area (Å²) in [6.07, 6.45) is 0. The van der Waals surface area contributed by atoms with Gasteiger partial charge in [-0.3, -0.25) is 14.9 Å². The third kappa shape index (κ3) is 3.10. The van der Waals surface area contributed by atoms with E-state index >= 15 is 0 Å². The Morgan fingerprint density at radius 3 is 2.67 bits per heavy atom. The van der Waals surface area contributed by atoms with Crippen LogP contribution in [0.3, 0.4) is 0 Å². The van der Waals surface area contributed by atoms with Crippen molar-refractivity contribution in [2.45, 2.75) is 13.8 Å². The van der Waals surface area contributed by atoms with Crippen molar-refractivity contribution in [3.05, 3.63) is 33.3 Å². The normalized spacial score (nSPS) is 11.1. The van der Waals surface area contributed by atoms with Gasteiger partial charge in [-0.15, -0.1) is 0 Å². The Balaban J connectivity index is 2.96. The first-order valence-corrected chi connectivity index (χ1v) is 5.53. The number of carbonyl (C=O) groups is 1. The molecular weight excluding hydrogens is 260 g/mol. The molecule has 0 saturated carbocycles. The zero-order chi connectivity index (χ0) is 13.9. The number of benzene rings is 1. The molecule has 7 heteroatoms. The van der Waals surface area contributed by atoms with E-state index in [1.165, 1.54) is 26.0 Å². The molecule has 0 radical (unpaired) electrons. The molecule has 98 valence electrons. The number of para-hydroxylation sites is 1. The number of nitrogens with one attached hydrogen (secondary N) is 1. The van der Waals surface area contributed by atoms with Crippen molar-refractivity contribution in [2.24, 2.45) is 5.41 Å². The lowest BCUT2D eigenvalue weighted by atomic mass is 9.94. The Labute approximate surface area is 109 Å². The Kier molecular flexibility index (Phi) is 4.13. The SMILES string of the molecule is CC(C)(CNc1cccc(Cl)c1[N+](=O)[O-])C(=O)O. The summed E-state index contributed by atoms with van der Waals surface area (Å²) in [6.45, 7) is 3.11. The molecule has 0 aromatic heterocycles. The predicted octanol–water partition coefficient (Wildman–Crippen LogP) is 2.77. The summed E-state index contributed by atoms with van der Waals surface area (Å²) in [5, 5.41) is 22.6. The third-order valence-electron chi connectivity index (χ3n) is 2.47. The van der Waals surface area contributed by atoms with Gasteiger partial charge in [-0.2, -0.15) is 0 Å². The molecule has 6 nitrogen and oxygen atoms in total. The van der Waals surface area contributed by atoms with Gasteiger partial charge in [0.25, 0.3) is 0 Å². The number of nitro benzene ring substituents is 1. The number of aliphatic carboxylic acids is 1. The fourth-order valence-corrected chi connectivity index (χ4v) is 1.48. The number of nitrogens with zero attached hydrogens (tertiary/aromatic N) is 1. The van der Waals surface area contributed by atoms with Crippen LogP contribution in [0.5, 0.6) is 0 Å². The van der Waals surface area contributed by atoms with E-state index in [-0.39, 0.29) is 22.9 Å². The van der Waals surface area contributed by atoms with Crippen molar-refractivity contribution in [3.8, 4) is 0 Å². The summed E-state index contributed by atoms with van der Waals surface area (Å²) >= 11 is 5.74. The molecule has 0 spiro atoms. The van der Waals surface area contributed by atoms with E-state index in [2.05, 4.69) is 5.32 Å². The number of anilines is 1. The van der Waals surface area contributed by atoms with Gasteiger partial charge in [-0.1, -0.05) is 17.7 Å². The molecule has 0 heterocycles. The van der Waals surface area contributed by atoms with E-state index < -0.39 is 16.3 Å². The Morgan fingerprint density at radius 2 is 2.17 bits per heavy atom. The summed E-state index contributed by atoms with van der Waals surface area (Å²) < 4.78 is 0. The highest BCUT2D eigenvalue weighted by Gasteiger charge is 2.28. The number of rotatable bonds is 5. The first-order chi connectivity index (χ1) is 8.25. The van der Waals surface area contributed by atoms with Crippen LogP contribution in [0.2, 0.25) is 5.02 Å². The number of carboxylic acids is 1. The van der Waals surface area contributed by atoms with E-state index in [0.717, 1.165) is 0 Å². The van der Waals surface area contributed by atoms with Gasteiger partial charge >= 0.3 is 11.7 Å². The molecule has 0 atom stereocenters. The molecule has 1 aromatic carbocycles. The molecular formula is C11H13ClN2O4. The first kappa shape index (κ1) is 14.2. The van der Waals surface area contributed by atoms with Crippen LogP contribution in [0.1, 0.15) is 13.8 Å². The van der Waals surface area contributed by atoms with Gasteiger partial charge in [-0.05, 0) is 26.0 Å². The standard InChI is InChI=1S/C11H13ClN2O4/c1-11(2,10(15)16)6-13-8-5-3-4-7(12)9(8)14(17)18/h3-5,13H,6H2,1-2H3,(H,15,16). The van der Waals surface area contributed by atoms with Crippen molar-refractivity contribution in [2.75, 3.05) is 11.9 Å². The van der Waals surface area contributed by atoms with Gasteiger partial charge in [0.15, 0.2) is 0 Å². The lowest BCUT2D eigenvalue weighted by Gasteiger charge is -2.20. The zero-order valence-corrected chi connectivity index (χ0v) is 10.7. The van der Waals surface area contributed by atoms with E-state index in [1.807, 2.05) is 0 Å². The van der Waals surface area contributed by atoms with Crippen molar-refractivity contribution >= 4 is 28.9 Å². The monoisotopic (exact) mass is 272 g/mol. The van der Waals surface area contributed by atoms with E-state index in [1.54, 1.807) is 6.07 Å². The largest absolute Gasteiger partial charge is 0.481 e. The lowest BCUT2D eigenvalue weighted by molar-refractivity contribution is -0.383. The van der Waals surface area contributed by atoms with Gasteiger partial charge in [0, 0.05) is 6.54 Å². The molecule has 0 unspecified atom stereocenters. The number of halogens is 1. The highest BCUT2D eigenvalue weighted by molar-refractivity contribution is 6.33. The summed E-state index contributed by atoms with van der Waals surface area (Å²) in [4.78, 5) is 21.2. The Hall–Kier alpha value is -1.82. The average Bonchev–Trinajstić information content (AvgIpc) is 2.25. The number of hydrogen-bond donors (Lipinski definition) is 2. The zero-order valence-electron chi connectivity index (χ0n) is 9.94. The van der Waals surface area contributed by atoms with Crippen LogP contribution in [0.4, 0.5) is 11.4 Å². The minimum absolute atomic E-state index is 0.0122. The summed E-state index contributed by atoms with van der Waals surface area (Å²) in [5.74, 6) is -0.986. The molecule has 1 rings (SSSR count). The fourth-order valence-electron chi connectivity index (χ4n) is 1.24. The van der Waals surface area contributed by atoms with Crippen molar-refractivity contribution < 1.29 is 14.8 Å². The van der Waals surface area contributed by atoms with Crippen LogP contribution in [0.15, 0.2) is 18.2 Å². The topological polar surface area (TPSA) is 92.5 Å². The number of carboxylic acid groups (broad SMARTS) is 1. The average molecular weight is 273 g/mol. The second-order valence-electron chi connectivity index (χ2n) is 4.44. The van der Waals surface area contributed by atoms with Crippen molar-refractivity contribution in [1.82, 2.24) is 0 Å². The van der Waals surface area contributed by atoms with E-state index in [4.69, 9.17) is 16.7 Å². The van der Waals surface area contributed by atoms with Crippen LogP contribution < -0.4 is 5.32 Å². The van der Waals surface area contributed by atoms with Crippen LogP contribution in [0.25, 0.3) is 0 Å². The molecule has 0 aliphatic heterocycles. The summed E-state index contributed by atoms with van der Waals surface area (Å²) in [5.41, 5.74) is -1.07. The molecule has 0 bridgehead atoms. The Bertz CT molecular complexity index is 488. The number of nitro groups is 1. The van der Waals surface area contributed by atoms with Gasteiger partial charge in [0.05, 0.1) is 10.3 Å².